The molecule has 2 amide bonds. The Labute approximate surface area is 166 Å². The minimum atomic E-state index is -3.80. The molecular weight excluding hydrogens is 396 g/mol. The van der Waals surface area contributed by atoms with Crippen molar-refractivity contribution >= 4 is 38.9 Å². The fraction of sp³-hybridized carbons (Fsp3) is 0.0526. The molecule has 4 N–H and O–H groups in total. The van der Waals surface area contributed by atoms with Gasteiger partial charge in [-0.1, -0.05) is 12.1 Å². The van der Waals surface area contributed by atoms with Crippen LogP contribution in [0.2, 0.25) is 0 Å². The molecule has 148 valence electrons. The Hall–Kier alpha value is -3.63. The van der Waals surface area contributed by atoms with Crippen LogP contribution < -0.4 is 20.7 Å². The third-order valence-electron chi connectivity index (χ3n) is 4.17. The van der Waals surface area contributed by atoms with E-state index in [1.54, 1.807) is 54.6 Å². The van der Waals surface area contributed by atoms with Crippen LogP contribution in [0.1, 0.15) is 10.6 Å². The molecule has 4 rings (SSSR count). The van der Waals surface area contributed by atoms with Gasteiger partial charge in [0, 0.05) is 11.4 Å². The number of fused-ring (bicyclic) bond motifs is 1. The number of nitrogens with one attached hydrogen (secondary N) is 4. The van der Waals surface area contributed by atoms with E-state index in [-0.39, 0.29) is 10.7 Å². The van der Waals surface area contributed by atoms with E-state index < -0.39 is 28.0 Å². The molecule has 29 heavy (non-hydrogen) atoms. The molecule has 2 aromatic carbocycles. The summed E-state index contributed by atoms with van der Waals surface area (Å²) in [5.74, 6) is -0.792. The Bertz CT molecular complexity index is 1160. The highest BCUT2D eigenvalue weighted by molar-refractivity contribution is 7.89. The SMILES string of the molecule is O=C(Nc1ccc(NC(=O)[C@@H]2Nc3ccccc3S(=O)(=O)N2)cc1)c1ccco1. The van der Waals surface area contributed by atoms with Crippen LogP contribution in [-0.4, -0.2) is 26.4 Å². The standard InChI is InChI=1S/C19H16N4O5S/c24-18(15-5-3-11-28-15)20-12-7-9-13(10-8-12)21-19(25)17-22-14-4-1-2-6-16(14)29(26,27)23-17/h1-11,17,22-23H,(H,20,24)(H,21,25)/t17-/m1/s1. The van der Waals surface area contributed by atoms with E-state index in [2.05, 4.69) is 20.7 Å². The summed E-state index contributed by atoms with van der Waals surface area (Å²) in [6.07, 6.45) is 0.243. The van der Waals surface area contributed by atoms with Gasteiger partial charge < -0.3 is 20.4 Å². The molecule has 0 radical (unpaired) electrons. The summed E-state index contributed by atoms with van der Waals surface area (Å²) in [6, 6.07) is 15.8. The van der Waals surface area contributed by atoms with Gasteiger partial charge in [-0.15, -0.1) is 0 Å². The minimum Gasteiger partial charge on any atom is -0.459 e. The third-order valence-corrected chi connectivity index (χ3v) is 5.65. The summed E-state index contributed by atoms with van der Waals surface area (Å²) in [5.41, 5.74) is 1.29. The maximum absolute atomic E-state index is 12.5. The average molecular weight is 412 g/mol. The molecule has 0 saturated heterocycles. The van der Waals surface area contributed by atoms with Crippen LogP contribution in [0.25, 0.3) is 0 Å². The number of hydrogen-bond acceptors (Lipinski definition) is 6. The fourth-order valence-corrected chi connectivity index (χ4v) is 4.07. The molecule has 1 aliphatic rings. The molecule has 0 aliphatic carbocycles. The highest BCUT2D eigenvalue weighted by Gasteiger charge is 2.32. The van der Waals surface area contributed by atoms with E-state index in [9.17, 15) is 18.0 Å². The van der Waals surface area contributed by atoms with Gasteiger partial charge in [0.1, 0.15) is 4.90 Å². The van der Waals surface area contributed by atoms with Crippen molar-refractivity contribution in [2.75, 3.05) is 16.0 Å². The van der Waals surface area contributed by atoms with Crippen molar-refractivity contribution in [2.24, 2.45) is 0 Å². The van der Waals surface area contributed by atoms with Crippen LogP contribution in [0.15, 0.2) is 76.2 Å². The van der Waals surface area contributed by atoms with Gasteiger partial charge >= 0.3 is 0 Å². The number of rotatable bonds is 4. The minimum absolute atomic E-state index is 0.0840. The van der Waals surface area contributed by atoms with Crippen LogP contribution in [0.4, 0.5) is 17.1 Å². The molecular formula is C19H16N4O5S. The van der Waals surface area contributed by atoms with Gasteiger partial charge in [0.05, 0.1) is 12.0 Å². The third kappa shape index (κ3) is 3.98. The van der Waals surface area contributed by atoms with E-state index in [4.69, 9.17) is 4.42 Å². The van der Waals surface area contributed by atoms with Gasteiger partial charge in [-0.2, -0.15) is 4.72 Å². The van der Waals surface area contributed by atoms with Crippen molar-refractivity contribution in [2.45, 2.75) is 11.1 Å². The van der Waals surface area contributed by atoms with E-state index in [0.29, 0.717) is 17.1 Å². The molecule has 1 atom stereocenters. The van der Waals surface area contributed by atoms with Crippen molar-refractivity contribution < 1.29 is 22.4 Å². The first-order valence-corrected chi connectivity index (χ1v) is 10.0. The van der Waals surface area contributed by atoms with Crippen LogP contribution in [-0.2, 0) is 14.8 Å². The number of amides is 2. The van der Waals surface area contributed by atoms with Crippen LogP contribution >= 0.6 is 0 Å². The lowest BCUT2D eigenvalue weighted by Crippen LogP contribution is -2.51. The normalized spacial score (nSPS) is 16.9. The van der Waals surface area contributed by atoms with E-state index in [1.165, 1.54) is 12.3 Å². The summed E-state index contributed by atoms with van der Waals surface area (Å²) in [4.78, 5) is 24.5. The maximum atomic E-state index is 12.5. The Morgan fingerprint density at radius 1 is 0.897 bits per heavy atom. The van der Waals surface area contributed by atoms with E-state index >= 15 is 0 Å². The van der Waals surface area contributed by atoms with Crippen LogP contribution in [0, 0.1) is 0 Å². The van der Waals surface area contributed by atoms with Crippen molar-refractivity contribution in [3.63, 3.8) is 0 Å². The Balaban J connectivity index is 1.42. The average Bonchev–Trinajstić information content (AvgIpc) is 3.24. The van der Waals surface area contributed by atoms with Gasteiger partial charge in [0.15, 0.2) is 11.9 Å². The predicted molar refractivity (Wildman–Crippen MR) is 106 cm³/mol. The lowest BCUT2D eigenvalue weighted by molar-refractivity contribution is -0.117. The van der Waals surface area contributed by atoms with E-state index in [1.807, 2.05) is 0 Å². The maximum Gasteiger partial charge on any atom is 0.291 e. The topological polar surface area (TPSA) is 130 Å². The Morgan fingerprint density at radius 3 is 2.28 bits per heavy atom. The smallest absolute Gasteiger partial charge is 0.291 e. The summed E-state index contributed by atoms with van der Waals surface area (Å²) >= 11 is 0. The van der Waals surface area contributed by atoms with Crippen molar-refractivity contribution in [1.29, 1.82) is 0 Å². The number of hydrogen-bond donors (Lipinski definition) is 4. The number of para-hydroxylation sites is 1. The lowest BCUT2D eigenvalue weighted by atomic mass is 10.2. The summed E-state index contributed by atoms with van der Waals surface area (Å²) in [7, 11) is -3.80. The number of furan rings is 1. The Kier molecular flexibility index (Phi) is 4.79. The fourth-order valence-electron chi connectivity index (χ4n) is 2.79. The van der Waals surface area contributed by atoms with Crippen LogP contribution in [0.5, 0.6) is 0 Å². The van der Waals surface area contributed by atoms with Gasteiger partial charge in [-0.25, -0.2) is 8.42 Å². The largest absolute Gasteiger partial charge is 0.459 e. The number of carbonyl (C=O) groups excluding carboxylic acids is 2. The second-order valence-corrected chi connectivity index (χ2v) is 7.88. The zero-order valence-electron chi connectivity index (χ0n) is 14.9. The quantitative estimate of drug-likeness (QED) is 0.520. The van der Waals surface area contributed by atoms with Gasteiger partial charge in [-0.05, 0) is 48.5 Å². The highest BCUT2D eigenvalue weighted by Crippen LogP contribution is 2.25. The van der Waals surface area contributed by atoms with Crippen LogP contribution in [0.3, 0.4) is 0 Å². The molecule has 10 heteroatoms. The molecule has 0 fully saturated rings. The second-order valence-electron chi connectivity index (χ2n) is 6.19. The lowest BCUT2D eigenvalue weighted by Gasteiger charge is -2.27. The van der Waals surface area contributed by atoms with Crippen molar-refractivity contribution in [1.82, 2.24) is 4.72 Å². The molecule has 1 aromatic heterocycles. The molecule has 2 heterocycles. The van der Waals surface area contributed by atoms with Crippen molar-refractivity contribution in [3.05, 3.63) is 72.7 Å². The predicted octanol–water partition coefficient (Wildman–Crippen LogP) is 2.20. The first-order chi connectivity index (χ1) is 13.9. The zero-order chi connectivity index (χ0) is 20.4. The highest BCUT2D eigenvalue weighted by atomic mass is 32.2. The monoisotopic (exact) mass is 412 g/mol. The molecule has 0 saturated carbocycles. The first kappa shape index (κ1) is 18.7. The Morgan fingerprint density at radius 2 is 1.59 bits per heavy atom. The molecule has 0 spiro atoms. The first-order valence-electron chi connectivity index (χ1n) is 8.56. The summed E-state index contributed by atoms with van der Waals surface area (Å²) in [5, 5.41) is 8.15. The van der Waals surface area contributed by atoms with E-state index in [0.717, 1.165) is 0 Å². The number of benzene rings is 2. The molecule has 9 nitrogen and oxygen atoms in total. The summed E-state index contributed by atoms with van der Waals surface area (Å²) < 4.78 is 31.9. The molecule has 0 bridgehead atoms. The molecule has 0 unspecified atom stereocenters. The molecule has 1 aliphatic heterocycles. The number of carbonyl (C=O) groups is 2. The molecule has 3 aromatic rings. The zero-order valence-corrected chi connectivity index (χ0v) is 15.7. The van der Waals surface area contributed by atoms with Gasteiger partial charge in [0.2, 0.25) is 10.0 Å². The van der Waals surface area contributed by atoms with Gasteiger partial charge in [-0.3, -0.25) is 9.59 Å². The van der Waals surface area contributed by atoms with Crippen molar-refractivity contribution in [3.8, 4) is 0 Å². The van der Waals surface area contributed by atoms with Gasteiger partial charge in [0.25, 0.3) is 11.8 Å². The number of anilines is 3. The summed E-state index contributed by atoms with van der Waals surface area (Å²) in [6.45, 7) is 0. The number of sulfonamides is 1. The second kappa shape index (κ2) is 7.41.